The number of para-hydroxylation sites is 1. The zero-order valence-corrected chi connectivity index (χ0v) is 19.9. The first-order valence-corrected chi connectivity index (χ1v) is 11.1. The van der Waals surface area contributed by atoms with E-state index in [0.717, 1.165) is 6.54 Å². The second-order valence-corrected chi connectivity index (χ2v) is 8.42. The highest BCUT2D eigenvalue weighted by molar-refractivity contribution is 6.07. The van der Waals surface area contributed by atoms with Crippen LogP contribution in [0.3, 0.4) is 0 Å². The normalized spacial score (nSPS) is 21.8. The van der Waals surface area contributed by atoms with Crippen LogP contribution in [0.15, 0.2) is 42.5 Å². The van der Waals surface area contributed by atoms with Crippen molar-refractivity contribution in [2.24, 2.45) is 5.92 Å². The van der Waals surface area contributed by atoms with Crippen LogP contribution in [0.2, 0.25) is 0 Å². The van der Waals surface area contributed by atoms with E-state index in [9.17, 15) is 9.59 Å². The second kappa shape index (κ2) is 11.2. The van der Waals surface area contributed by atoms with Crippen LogP contribution in [0.5, 0.6) is 11.5 Å². The Morgan fingerprint density at radius 2 is 1.94 bits per heavy atom. The number of ether oxygens (including phenoxy) is 3. The number of anilines is 1. The van der Waals surface area contributed by atoms with Crippen molar-refractivity contribution in [2.75, 3.05) is 46.3 Å². The molecule has 0 radical (unpaired) electrons. The molecule has 33 heavy (non-hydrogen) atoms. The molecule has 178 valence electrons. The molecule has 0 aromatic heterocycles. The Labute approximate surface area is 195 Å². The minimum atomic E-state index is -0.326. The molecule has 0 bridgehead atoms. The molecule has 0 unspecified atom stereocenters. The molecule has 0 saturated heterocycles. The van der Waals surface area contributed by atoms with Gasteiger partial charge in [0.1, 0.15) is 18.1 Å². The van der Waals surface area contributed by atoms with Crippen LogP contribution in [-0.4, -0.2) is 69.8 Å². The van der Waals surface area contributed by atoms with Crippen LogP contribution in [0, 0.1) is 5.92 Å². The molecule has 2 aromatic carbocycles. The van der Waals surface area contributed by atoms with Crippen LogP contribution in [0.1, 0.15) is 34.6 Å². The summed E-state index contributed by atoms with van der Waals surface area (Å²) in [5.41, 5.74) is 1.28. The summed E-state index contributed by atoms with van der Waals surface area (Å²) in [6, 6.07) is 12.2. The van der Waals surface area contributed by atoms with Gasteiger partial charge in [-0.15, -0.1) is 0 Å². The highest BCUT2D eigenvalue weighted by Crippen LogP contribution is 2.27. The van der Waals surface area contributed by atoms with E-state index in [1.54, 1.807) is 61.5 Å². The van der Waals surface area contributed by atoms with Gasteiger partial charge in [-0.3, -0.25) is 9.59 Å². The molecule has 3 atom stereocenters. The molecule has 0 spiro atoms. The summed E-state index contributed by atoms with van der Waals surface area (Å²) in [6.07, 6.45) is -0.115. The number of fused-ring (bicyclic) bond motifs is 1. The zero-order chi connectivity index (χ0) is 24.0. The highest BCUT2D eigenvalue weighted by atomic mass is 16.5. The van der Waals surface area contributed by atoms with Gasteiger partial charge in [-0.25, -0.2) is 0 Å². The van der Waals surface area contributed by atoms with Crippen molar-refractivity contribution >= 4 is 17.5 Å². The number of methoxy groups -OCH3 is 2. The summed E-state index contributed by atoms with van der Waals surface area (Å²) in [7, 11) is 4.92. The number of rotatable bonds is 4. The third kappa shape index (κ3) is 6.03. The first-order chi connectivity index (χ1) is 15.8. The number of hydrogen-bond donors (Lipinski definition) is 2. The summed E-state index contributed by atoms with van der Waals surface area (Å²) in [4.78, 5) is 27.8. The highest BCUT2D eigenvalue weighted by Gasteiger charge is 2.26. The number of nitrogens with zero attached hydrogens (tertiary/aromatic N) is 1. The molecule has 2 amide bonds. The Hall–Kier alpha value is -3.10. The fraction of sp³-hybridized carbons (Fsp3) is 0.440. The van der Waals surface area contributed by atoms with Crippen LogP contribution >= 0.6 is 0 Å². The summed E-state index contributed by atoms with van der Waals surface area (Å²) in [5.74, 6) is 0.625. The van der Waals surface area contributed by atoms with Crippen molar-refractivity contribution in [3.8, 4) is 11.5 Å². The summed E-state index contributed by atoms with van der Waals surface area (Å²) < 4.78 is 16.9. The first-order valence-electron chi connectivity index (χ1n) is 11.1. The van der Waals surface area contributed by atoms with E-state index in [1.807, 2.05) is 6.92 Å². The summed E-state index contributed by atoms with van der Waals surface area (Å²) >= 11 is 0. The average molecular weight is 456 g/mol. The first kappa shape index (κ1) is 24.5. The number of carbonyl (C=O) groups excluding carboxylic acids is 2. The predicted molar refractivity (Wildman–Crippen MR) is 127 cm³/mol. The third-order valence-electron chi connectivity index (χ3n) is 5.83. The Morgan fingerprint density at radius 3 is 2.67 bits per heavy atom. The van der Waals surface area contributed by atoms with Crippen molar-refractivity contribution in [1.82, 2.24) is 10.2 Å². The Balaban J connectivity index is 1.90. The maximum atomic E-state index is 13.4. The maximum Gasteiger partial charge on any atom is 0.259 e. The van der Waals surface area contributed by atoms with E-state index in [-0.39, 0.29) is 29.9 Å². The molecule has 0 saturated carbocycles. The Morgan fingerprint density at radius 1 is 1.18 bits per heavy atom. The summed E-state index contributed by atoms with van der Waals surface area (Å²) in [6.45, 7) is 5.73. The Kier molecular flexibility index (Phi) is 8.30. The average Bonchev–Trinajstić information content (AvgIpc) is 2.83. The van der Waals surface area contributed by atoms with E-state index >= 15 is 0 Å². The van der Waals surface area contributed by atoms with Gasteiger partial charge in [-0.05, 0) is 43.2 Å². The van der Waals surface area contributed by atoms with Gasteiger partial charge >= 0.3 is 0 Å². The minimum absolute atomic E-state index is 0.0926. The molecular weight excluding hydrogens is 422 g/mol. The van der Waals surface area contributed by atoms with Gasteiger partial charge in [0, 0.05) is 39.0 Å². The quantitative estimate of drug-likeness (QED) is 0.737. The van der Waals surface area contributed by atoms with E-state index in [2.05, 4.69) is 17.6 Å². The van der Waals surface area contributed by atoms with Crippen molar-refractivity contribution in [2.45, 2.75) is 26.0 Å². The number of nitrogens with one attached hydrogen (secondary N) is 2. The van der Waals surface area contributed by atoms with Crippen LogP contribution < -0.4 is 20.1 Å². The molecule has 2 aromatic rings. The van der Waals surface area contributed by atoms with Gasteiger partial charge in [0.05, 0.1) is 24.3 Å². The predicted octanol–water partition coefficient (Wildman–Crippen LogP) is 3.04. The number of benzene rings is 2. The van der Waals surface area contributed by atoms with Crippen LogP contribution in [0.25, 0.3) is 0 Å². The summed E-state index contributed by atoms with van der Waals surface area (Å²) in [5, 5.41) is 6.32. The van der Waals surface area contributed by atoms with Crippen LogP contribution in [0.4, 0.5) is 5.69 Å². The molecule has 3 rings (SSSR count). The largest absolute Gasteiger partial charge is 0.496 e. The molecular formula is C25H33N3O5. The topological polar surface area (TPSA) is 89.1 Å². The van der Waals surface area contributed by atoms with Gasteiger partial charge in [0.15, 0.2) is 0 Å². The smallest absolute Gasteiger partial charge is 0.259 e. The van der Waals surface area contributed by atoms with E-state index < -0.39 is 0 Å². The molecule has 1 heterocycles. The number of amides is 2. The van der Waals surface area contributed by atoms with Crippen LogP contribution in [-0.2, 0) is 4.74 Å². The molecule has 8 heteroatoms. The van der Waals surface area contributed by atoms with Crippen molar-refractivity contribution < 1.29 is 23.8 Å². The van der Waals surface area contributed by atoms with Gasteiger partial charge in [0.25, 0.3) is 11.8 Å². The minimum Gasteiger partial charge on any atom is -0.496 e. The molecule has 2 N–H and O–H groups in total. The zero-order valence-electron chi connectivity index (χ0n) is 19.9. The van der Waals surface area contributed by atoms with E-state index in [1.165, 1.54) is 7.11 Å². The lowest BCUT2D eigenvalue weighted by atomic mass is 10.0. The molecule has 0 aliphatic carbocycles. The fourth-order valence-corrected chi connectivity index (χ4v) is 3.77. The number of carbonyl (C=O) groups is 2. The van der Waals surface area contributed by atoms with Gasteiger partial charge in [-0.2, -0.15) is 0 Å². The van der Waals surface area contributed by atoms with Gasteiger partial charge in [-0.1, -0.05) is 19.1 Å². The number of hydrogen-bond acceptors (Lipinski definition) is 6. The lowest BCUT2D eigenvalue weighted by molar-refractivity contribution is 0.0281. The second-order valence-electron chi connectivity index (χ2n) is 8.42. The number of likely N-dealkylation sites (N-methyl/N-ethyl adjacent to an activating group) is 1. The molecule has 0 fully saturated rings. The van der Waals surface area contributed by atoms with Gasteiger partial charge < -0.3 is 29.7 Å². The lowest BCUT2D eigenvalue weighted by Crippen LogP contribution is -2.44. The van der Waals surface area contributed by atoms with Gasteiger partial charge in [0.2, 0.25) is 0 Å². The standard InChI is InChI=1S/C25H33N3O5/c1-16-13-26-17(2)15-33-22-11-10-18(12-20(22)25(30)28(3)14-23(16)32-5)27-24(29)19-8-6-7-9-21(19)31-4/h6-12,16-17,23,26H,13-15H2,1-5H3,(H,27,29)/t16-,17-,23+/m0/s1. The van der Waals surface area contributed by atoms with E-state index in [4.69, 9.17) is 14.2 Å². The molecule has 8 nitrogen and oxygen atoms in total. The molecule has 1 aliphatic rings. The Bertz CT molecular complexity index is 980. The van der Waals surface area contributed by atoms with Crippen molar-refractivity contribution in [1.29, 1.82) is 0 Å². The lowest BCUT2D eigenvalue weighted by Gasteiger charge is -2.30. The fourth-order valence-electron chi connectivity index (χ4n) is 3.77. The van der Waals surface area contributed by atoms with Crippen molar-refractivity contribution in [3.63, 3.8) is 0 Å². The van der Waals surface area contributed by atoms with Crippen molar-refractivity contribution in [3.05, 3.63) is 53.6 Å². The maximum absolute atomic E-state index is 13.4. The molecule has 1 aliphatic heterocycles. The van der Waals surface area contributed by atoms with E-state index in [0.29, 0.717) is 41.5 Å². The SMILES string of the molecule is COc1ccccc1C(=O)Nc1ccc2c(c1)C(=O)N(C)C[C@@H](OC)[C@@H](C)CN[C@@H](C)CO2. The monoisotopic (exact) mass is 455 g/mol. The third-order valence-corrected chi connectivity index (χ3v) is 5.83.